The second-order valence-electron chi connectivity index (χ2n) is 5.65. The van der Waals surface area contributed by atoms with Crippen LogP contribution in [0.3, 0.4) is 0 Å². The fourth-order valence-electron chi connectivity index (χ4n) is 3.23. The van der Waals surface area contributed by atoms with Crippen LogP contribution in [0.25, 0.3) is 0 Å². The molecule has 1 aromatic carbocycles. The van der Waals surface area contributed by atoms with E-state index in [1.54, 1.807) is 6.92 Å². The van der Waals surface area contributed by atoms with Crippen molar-refractivity contribution >= 4 is 17.5 Å². The maximum absolute atomic E-state index is 12.7. The van der Waals surface area contributed by atoms with E-state index >= 15 is 0 Å². The summed E-state index contributed by atoms with van der Waals surface area (Å²) in [4.78, 5) is 27.8. The first-order valence-electron chi connectivity index (χ1n) is 7.31. The lowest BCUT2D eigenvalue weighted by atomic mass is 9.95. The normalized spacial score (nSPS) is 19.1. The predicted molar refractivity (Wildman–Crippen MR) is 77.5 cm³/mol. The summed E-state index contributed by atoms with van der Waals surface area (Å²) >= 11 is 0. The monoisotopic (exact) mass is 272 g/mol. The molecule has 3 rings (SSSR count). The zero-order chi connectivity index (χ0) is 14.1. The molecule has 0 atom stereocenters. The Hall–Kier alpha value is -1.84. The van der Waals surface area contributed by atoms with E-state index in [4.69, 9.17) is 0 Å². The van der Waals surface area contributed by atoms with E-state index in [0.29, 0.717) is 13.1 Å². The minimum Gasteiger partial charge on any atom is -0.343 e. The minimum absolute atomic E-state index is 0.0664. The van der Waals surface area contributed by atoms with Gasteiger partial charge in [0.1, 0.15) is 0 Å². The summed E-state index contributed by atoms with van der Waals surface area (Å²) in [6.45, 7) is 3.81. The Kier molecular flexibility index (Phi) is 3.47. The van der Waals surface area contributed by atoms with Crippen molar-refractivity contribution in [3.63, 3.8) is 0 Å². The van der Waals surface area contributed by atoms with Gasteiger partial charge in [-0.1, -0.05) is 18.2 Å². The predicted octanol–water partition coefficient (Wildman–Crippen LogP) is 1.83. The van der Waals surface area contributed by atoms with Crippen LogP contribution in [0.5, 0.6) is 0 Å². The highest BCUT2D eigenvalue weighted by molar-refractivity contribution is 5.97. The van der Waals surface area contributed by atoms with Crippen LogP contribution in [-0.4, -0.2) is 36.3 Å². The fourth-order valence-corrected chi connectivity index (χ4v) is 3.23. The third kappa shape index (κ3) is 2.30. The summed E-state index contributed by atoms with van der Waals surface area (Å²) in [6.07, 6.45) is 2.53. The van der Waals surface area contributed by atoms with E-state index in [9.17, 15) is 9.59 Å². The fraction of sp³-hybridized carbons (Fsp3) is 0.500. The Labute approximate surface area is 119 Å². The number of fused-ring (bicyclic) bond motifs is 1. The van der Waals surface area contributed by atoms with Gasteiger partial charge in [-0.3, -0.25) is 9.59 Å². The van der Waals surface area contributed by atoms with E-state index in [0.717, 1.165) is 31.5 Å². The molecule has 2 aliphatic rings. The molecule has 4 heteroatoms. The number of amides is 2. The number of likely N-dealkylation sites (tertiary alicyclic amines) is 1. The standard InChI is InChI=1S/C16H20N2O2/c1-12(19)17-9-6-14(7-10-17)16(20)18-11-8-13-4-2-3-5-15(13)18/h2-5,14H,6-11H2,1H3. The van der Waals surface area contributed by atoms with E-state index in [2.05, 4.69) is 6.07 Å². The molecule has 0 aliphatic carbocycles. The molecule has 1 aromatic rings. The van der Waals surface area contributed by atoms with E-state index in [1.165, 1.54) is 5.56 Å². The Balaban J connectivity index is 1.68. The molecule has 0 unspecified atom stereocenters. The Morgan fingerprint density at radius 2 is 1.80 bits per heavy atom. The molecule has 2 aliphatic heterocycles. The van der Waals surface area contributed by atoms with Crippen molar-refractivity contribution in [2.24, 2.45) is 5.92 Å². The number of hydrogen-bond acceptors (Lipinski definition) is 2. The largest absolute Gasteiger partial charge is 0.343 e. The van der Waals surface area contributed by atoms with Crippen LogP contribution in [0.1, 0.15) is 25.3 Å². The molecule has 4 nitrogen and oxygen atoms in total. The maximum atomic E-state index is 12.7. The number of piperidine rings is 1. The SMILES string of the molecule is CC(=O)N1CCC(C(=O)N2CCc3ccccc32)CC1. The zero-order valence-electron chi connectivity index (χ0n) is 11.8. The number of benzene rings is 1. The molecule has 0 spiro atoms. The van der Waals surface area contributed by atoms with Gasteiger partial charge in [-0.15, -0.1) is 0 Å². The molecule has 0 N–H and O–H groups in total. The maximum Gasteiger partial charge on any atom is 0.230 e. The molecule has 0 bridgehead atoms. The first-order valence-corrected chi connectivity index (χ1v) is 7.31. The van der Waals surface area contributed by atoms with Crippen LogP contribution >= 0.6 is 0 Å². The molecule has 2 amide bonds. The molecule has 1 saturated heterocycles. The molecular weight excluding hydrogens is 252 g/mol. The number of rotatable bonds is 1. The van der Waals surface area contributed by atoms with Gasteiger partial charge in [0.05, 0.1) is 0 Å². The summed E-state index contributed by atoms with van der Waals surface area (Å²) in [6, 6.07) is 8.15. The topological polar surface area (TPSA) is 40.6 Å². The van der Waals surface area contributed by atoms with Crippen LogP contribution in [-0.2, 0) is 16.0 Å². The van der Waals surface area contributed by atoms with Crippen molar-refractivity contribution in [1.82, 2.24) is 4.90 Å². The number of para-hydroxylation sites is 1. The highest BCUT2D eigenvalue weighted by Crippen LogP contribution is 2.30. The zero-order valence-corrected chi connectivity index (χ0v) is 11.8. The second kappa shape index (κ2) is 5.27. The highest BCUT2D eigenvalue weighted by atomic mass is 16.2. The van der Waals surface area contributed by atoms with Crippen LogP contribution in [0.4, 0.5) is 5.69 Å². The van der Waals surface area contributed by atoms with Gasteiger partial charge < -0.3 is 9.80 Å². The smallest absolute Gasteiger partial charge is 0.230 e. The van der Waals surface area contributed by atoms with Gasteiger partial charge in [0.2, 0.25) is 11.8 Å². The van der Waals surface area contributed by atoms with Gasteiger partial charge >= 0.3 is 0 Å². The highest BCUT2D eigenvalue weighted by Gasteiger charge is 2.32. The van der Waals surface area contributed by atoms with Crippen LogP contribution in [0.15, 0.2) is 24.3 Å². The summed E-state index contributed by atoms with van der Waals surface area (Å²) in [5, 5.41) is 0. The first kappa shape index (κ1) is 13.2. The van der Waals surface area contributed by atoms with Crippen molar-refractivity contribution in [3.8, 4) is 0 Å². The molecule has 0 radical (unpaired) electrons. The van der Waals surface area contributed by atoms with Crippen LogP contribution in [0, 0.1) is 5.92 Å². The van der Waals surface area contributed by atoms with Gasteiger partial charge in [-0.2, -0.15) is 0 Å². The van der Waals surface area contributed by atoms with E-state index in [1.807, 2.05) is 28.0 Å². The summed E-state index contributed by atoms with van der Waals surface area (Å²) in [5.74, 6) is 0.414. The minimum atomic E-state index is 0.0664. The molecular formula is C16H20N2O2. The Morgan fingerprint density at radius 1 is 1.10 bits per heavy atom. The second-order valence-corrected chi connectivity index (χ2v) is 5.65. The van der Waals surface area contributed by atoms with E-state index < -0.39 is 0 Å². The molecule has 106 valence electrons. The summed E-state index contributed by atoms with van der Waals surface area (Å²) in [5.41, 5.74) is 2.34. The quantitative estimate of drug-likeness (QED) is 0.782. The summed E-state index contributed by atoms with van der Waals surface area (Å²) in [7, 11) is 0. The number of hydrogen-bond donors (Lipinski definition) is 0. The third-order valence-electron chi connectivity index (χ3n) is 4.44. The molecule has 0 saturated carbocycles. The van der Waals surface area contributed by atoms with Gasteiger partial charge in [0.25, 0.3) is 0 Å². The molecule has 0 aromatic heterocycles. The number of carbonyl (C=O) groups is 2. The van der Waals surface area contributed by atoms with E-state index in [-0.39, 0.29) is 17.7 Å². The van der Waals surface area contributed by atoms with Gasteiger partial charge in [-0.25, -0.2) is 0 Å². The lowest BCUT2D eigenvalue weighted by Crippen LogP contribution is -2.43. The Morgan fingerprint density at radius 3 is 2.50 bits per heavy atom. The number of carbonyl (C=O) groups excluding carboxylic acids is 2. The van der Waals surface area contributed by atoms with Crippen molar-refractivity contribution < 1.29 is 9.59 Å². The van der Waals surface area contributed by atoms with Crippen LogP contribution in [0.2, 0.25) is 0 Å². The van der Waals surface area contributed by atoms with Gasteiger partial charge in [-0.05, 0) is 30.9 Å². The Bertz CT molecular complexity index is 533. The first-order chi connectivity index (χ1) is 9.66. The molecule has 1 fully saturated rings. The molecule has 2 heterocycles. The number of nitrogens with zero attached hydrogens (tertiary/aromatic N) is 2. The lowest BCUT2D eigenvalue weighted by Gasteiger charge is -2.32. The van der Waals surface area contributed by atoms with Crippen molar-refractivity contribution in [2.45, 2.75) is 26.2 Å². The van der Waals surface area contributed by atoms with Gasteiger partial charge in [0, 0.05) is 38.2 Å². The number of anilines is 1. The van der Waals surface area contributed by atoms with Crippen molar-refractivity contribution in [3.05, 3.63) is 29.8 Å². The lowest BCUT2D eigenvalue weighted by molar-refractivity contribution is -0.133. The van der Waals surface area contributed by atoms with Gasteiger partial charge in [0.15, 0.2) is 0 Å². The summed E-state index contributed by atoms with van der Waals surface area (Å²) < 4.78 is 0. The average molecular weight is 272 g/mol. The third-order valence-corrected chi connectivity index (χ3v) is 4.44. The average Bonchev–Trinajstić information content (AvgIpc) is 2.90. The van der Waals surface area contributed by atoms with Crippen molar-refractivity contribution in [1.29, 1.82) is 0 Å². The molecule has 20 heavy (non-hydrogen) atoms. The van der Waals surface area contributed by atoms with Crippen molar-refractivity contribution in [2.75, 3.05) is 24.5 Å². The van der Waals surface area contributed by atoms with Crippen LogP contribution < -0.4 is 4.90 Å².